The van der Waals surface area contributed by atoms with E-state index in [1.807, 2.05) is 0 Å². The van der Waals surface area contributed by atoms with Gasteiger partial charge < -0.3 is 5.11 Å². The molecule has 1 heteroatoms. The highest BCUT2D eigenvalue weighted by molar-refractivity contribution is 4.92. The lowest BCUT2D eigenvalue weighted by atomic mass is 9.62. The van der Waals surface area contributed by atoms with Gasteiger partial charge in [0, 0.05) is 0 Å². The Labute approximate surface area is 68.8 Å². The van der Waals surface area contributed by atoms with E-state index in [-0.39, 0.29) is 6.10 Å². The molecule has 2 aliphatic rings. The molecule has 2 rings (SSSR count). The van der Waals surface area contributed by atoms with Crippen LogP contribution >= 0.6 is 0 Å². The van der Waals surface area contributed by atoms with Gasteiger partial charge in [-0.05, 0) is 37.0 Å². The summed E-state index contributed by atoms with van der Waals surface area (Å²) < 4.78 is 0. The Morgan fingerprint density at radius 1 is 1.27 bits per heavy atom. The molecule has 0 aromatic heterocycles. The molecule has 0 aliphatic heterocycles. The van der Waals surface area contributed by atoms with Crippen LogP contribution in [0.15, 0.2) is 0 Å². The molecule has 2 saturated carbocycles. The summed E-state index contributed by atoms with van der Waals surface area (Å²) in [6.07, 6.45) is 7.64. The first-order chi connectivity index (χ1) is 5.21. The highest BCUT2D eigenvalue weighted by atomic mass is 16.3. The lowest BCUT2D eigenvalue weighted by molar-refractivity contribution is -0.0463. The molecule has 2 bridgehead atoms. The van der Waals surface area contributed by atoms with E-state index >= 15 is 0 Å². The second kappa shape index (κ2) is 2.48. The Morgan fingerprint density at radius 2 is 2.09 bits per heavy atom. The summed E-state index contributed by atoms with van der Waals surface area (Å²) in [4.78, 5) is 0. The maximum Gasteiger partial charge on any atom is 0.0594 e. The van der Waals surface area contributed by atoms with Crippen molar-refractivity contribution in [3.63, 3.8) is 0 Å². The third kappa shape index (κ3) is 1.20. The Hall–Kier alpha value is -0.0400. The highest BCUT2D eigenvalue weighted by Crippen LogP contribution is 2.48. The third-order valence-electron chi connectivity index (χ3n) is 3.77. The maximum atomic E-state index is 9.78. The van der Waals surface area contributed by atoms with Gasteiger partial charge in [-0.2, -0.15) is 0 Å². The normalized spacial score (nSPS) is 50.7. The van der Waals surface area contributed by atoms with E-state index in [0.29, 0.717) is 5.41 Å². The summed E-state index contributed by atoms with van der Waals surface area (Å²) in [6.45, 7) is 2.27. The fourth-order valence-corrected chi connectivity index (χ4v) is 2.95. The molecule has 3 atom stereocenters. The van der Waals surface area contributed by atoms with Crippen molar-refractivity contribution in [2.45, 2.75) is 51.6 Å². The van der Waals surface area contributed by atoms with Crippen molar-refractivity contribution in [1.82, 2.24) is 0 Å². The standard InChI is InChI=1S/C10H18O/c1-10-6-2-3-8(7-10)4-5-9(10)11/h8-9,11H,2-7H2,1H3/t8-,9+,10-/m1/s1. The zero-order valence-corrected chi connectivity index (χ0v) is 7.34. The minimum atomic E-state index is -0.000880. The van der Waals surface area contributed by atoms with Gasteiger partial charge in [0.1, 0.15) is 0 Å². The van der Waals surface area contributed by atoms with Gasteiger partial charge in [0.15, 0.2) is 0 Å². The van der Waals surface area contributed by atoms with Gasteiger partial charge in [-0.1, -0.05) is 19.8 Å². The largest absolute Gasteiger partial charge is 0.393 e. The zero-order chi connectivity index (χ0) is 7.90. The van der Waals surface area contributed by atoms with Crippen molar-refractivity contribution < 1.29 is 5.11 Å². The number of fused-ring (bicyclic) bond motifs is 2. The minimum absolute atomic E-state index is 0.000880. The van der Waals surface area contributed by atoms with Gasteiger partial charge in [-0.15, -0.1) is 0 Å². The van der Waals surface area contributed by atoms with Crippen LogP contribution in [0.5, 0.6) is 0 Å². The molecule has 0 aromatic rings. The topological polar surface area (TPSA) is 20.2 Å². The van der Waals surface area contributed by atoms with E-state index in [0.717, 1.165) is 12.3 Å². The molecular weight excluding hydrogens is 136 g/mol. The van der Waals surface area contributed by atoms with Gasteiger partial charge >= 0.3 is 0 Å². The molecule has 11 heavy (non-hydrogen) atoms. The number of hydrogen-bond acceptors (Lipinski definition) is 1. The second-order valence-corrected chi connectivity index (χ2v) is 4.71. The first kappa shape index (κ1) is 7.60. The van der Waals surface area contributed by atoms with Crippen LogP contribution in [0.25, 0.3) is 0 Å². The Balaban J connectivity index is 2.13. The zero-order valence-electron chi connectivity index (χ0n) is 7.34. The van der Waals surface area contributed by atoms with Gasteiger partial charge in [-0.3, -0.25) is 0 Å². The number of hydrogen-bond donors (Lipinski definition) is 1. The molecule has 0 amide bonds. The molecule has 2 aliphatic carbocycles. The SMILES string of the molecule is C[C@]12CCC[C@H](CC[C@@H]1O)C2. The molecule has 0 heterocycles. The fourth-order valence-electron chi connectivity index (χ4n) is 2.95. The predicted molar refractivity (Wildman–Crippen MR) is 45.3 cm³/mol. The van der Waals surface area contributed by atoms with Crippen LogP contribution in [-0.4, -0.2) is 11.2 Å². The second-order valence-electron chi connectivity index (χ2n) is 4.71. The predicted octanol–water partition coefficient (Wildman–Crippen LogP) is 2.34. The van der Waals surface area contributed by atoms with Gasteiger partial charge in [0.25, 0.3) is 0 Å². The molecule has 0 saturated heterocycles. The van der Waals surface area contributed by atoms with Crippen LogP contribution < -0.4 is 0 Å². The average molecular weight is 154 g/mol. The molecule has 0 radical (unpaired) electrons. The van der Waals surface area contributed by atoms with Gasteiger partial charge in [-0.25, -0.2) is 0 Å². The Bertz CT molecular complexity index is 155. The highest BCUT2D eigenvalue weighted by Gasteiger charge is 2.41. The average Bonchev–Trinajstić information content (AvgIpc) is 1.98. The quantitative estimate of drug-likeness (QED) is 0.568. The molecule has 0 aromatic carbocycles. The lowest BCUT2D eigenvalue weighted by Crippen LogP contribution is -2.41. The van der Waals surface area contributed by atoms with Crippen LogP contribution in [0.1, 0.15) is 45.4 Å². The fraction of sp³-hybridized carbons (Fsp3) is 1.00. The molecule has 0 unspecified atom stereocenters. The van der Waals surface area contributed by atoms with Crippen molar-refractivity contribution in [1.29, 1.82) is 0 Å². The van der Waals surface area contributed by atoms with E-state index in [9.17, 15) is 5.11 Å². The molecule has 0 spiro atoms. The molecule has 2 fully saturated rings. The molecule has 1 nitrogen and oxygen atoms in total. The van der Waals surface area contributed by atoms with Crippen molar-refractivity contribution in [2.24, 2.45) is 11.3 Å². The number of rotatable bonds is 0. The summed E-state index contributed by atoms with van der Waals surface area (Å²) in [5, 5.41) is 9.78. The summed E-state index contributed by atoms with van der Waals surface area (Å²) in [5.74, 6) is 0.942. The van der Waals surface area contributed by atoms with Crippen molar-refractivity contribution in [3.05, 3.63) is 0 Å². The van der Waals surface area contributed by atoms with Gasteiger partial charge in [0.05, 0.1) is 6.10 Å². The van der Waals surface area contributed by atoms with Crippen LogP contribution in [-0.2, 0) is 0 Å². The van der Waals surface area contributed by atoms with E-state index in [4.69, 9.17) is 0 Å². The maximum absolute atomic E-state index is 9.78. The summed E-state index contributed by atoms with van der Waals surface area (Å²) in [5.41, 5.74) is 0.293. The van der Waals surface area contributed by atoms with E-state index in [1.54, 1.807) is 0 Å². The van der Waals surface area contributed by atoms with E-state index in [2.05, 4.69) is 6.92 Å². The first-order valence-corrected chi connectivity index (χ1v) is 4.89. The Morgan fingerprint density at radius 3 is 2.82 bits per heavy atom. The number of aliphatic hydroxyl groups is 1. The summed E-state index contributed by atoms with van der Waals surface area (Å²) in [6, 6.07) is 0. The molecule has 1 N–H and O–H groups in total. The number of aliphatic hydroxyl groups excluding tert-OH is 1. The summed E-state index contributed by atoms with van der Waals surface area (Å²) >= 11 is 0. The van der Waals surface area contributed by atoms with Crippen molar-refractivity contribution >= 4 is 0 Å². The van der Waals surface area contributed by atoms with E-state index in [1.165, 1.54) is 32.1 Å². The van der Waals surface area contributed by atoms with Crippen LogP contribution in [0.3, 0.4) is 0 Å². The van der Waals surface area contributed by atoms with Gasteiger partial charge in [0.2, 0.25) is 0 Å². The molecular formula is C10H18O. The van der Waals surface area contributed by atoms with Crippen LogP contribution in [0.2, 0.25) is 0 Å². The lowest BCUT2D eigenvalue weighted by Gasteiger charge is -2.46. The third-order valence-corrected chi connectivity index (χ3v) is 3.77. The monoisotopic (exact) mass is 154 g/mol. The Kier molecular flexibility index (Phi) is 1.71. The van der Waals surface area contributed by atoms with E-state index < -0.39 is 0 Å². The van der Waals surface area contributed by atoms with Crippen LogP contribution in [0, 0.1) is 11.3 Å². The smallest absolute Gasteiger partial charge is 0.0594 e. The first-order valence-electron chi connectivity index (χ1n) is 4.89. The molecule has 64 valence electrons. The summed E-state index contributed by atoms with van der Waals surface area (Å²) in [7, 11) is 0. The van der Waals surface area contributed by atoms with Crippen molar-refractivity contribution in [2.75, 3.05) is 0 Å². The minimum Gasteiger partial charge on any atom is -0.393 e. The van der Waals surface area contributed by atoms with Crippen molar-refractivity contribution in [3.8, 4) is 0 Å². The van der Waals surface area contributed by atoms with Crippen LogP contribution in [0.4, 0.5) is 0 Å².